The van der Waals surface area contributed by atoms with Crippen LogP contribution >= 0.6 is 11.3 Å². The molecule has 4 heterocycles. The number of carbonyl (C=O) groups is 5. The second-order valence-electron chi connectivity index (χ2n) is 21.5. The van der Waals surface area contributed by atoms with Crippen molar-refractivity contribution in [3.63, 3.8) is 0 Å². The van der Waals surface area contributed by atoms with Gasteiger partial charge >= 0.3 is 35.7 Å². The number of carboxylic acids is 1. The first-order valence-corrected chi connectivity index (χ1v) is 25.6. The molecule has 2 aromatic heterocycles. The number of oxime groups is 1. The first-order valence-electron chi connectivity index (χ1n) is 23.3. The lowest BCUT2D eigenvalue weighted by atomic mass is 9.89. The Morgan fingerprint density at radius 2 is 1.47 bits per heavy atom. The van der Waals surface area contributed by atoms with Gasteiger partial charge in [-0.1, -0.05) is 11.2 Å². The zero-order chi connectivity index (χ0) is 56.0. The number of aryl methyl sites for hydroxylation is 2. The van der Waals surface area contributed by atoms with Gasteiger partial charge in [-0.2, -0.15) is 17.9 Å². The van der Waals surface area contributed by atoms with E-state index >= 15 is 0 Å². The van der Waals surface area contributed by atoms with Crippen molar-refractivity contribution in [2.45, 2.75) is 162 Å². The topological polar surface area (TPSA) is 280 Å². The molecule has 5 rings (SSSR count). The van der Waals surface area contributed by atoms with Crippen LogP contribution in [0.15, 0.2) is 41.1 Å². The van der Waals surface area contributed by atoms with Gasteiger partial charge in [-0.25, -0.2) is 37.4 Å². The molecule has 3 N–H and O–H groups in total. The van der Waals surface area contributed by atoms with E-state index < -0.39 is 79.6 Å². The molecular formula is C47H66F3N7O15S2. The third-order valence-electron chi connectivity index (χ3n) is 10.1. The first kappa shape index (κ1) is 60.3. The summed E-state index contributed by atoms with van der Waals surface area (Å²) in [6.45, 7) is 25.4. The molecule has 22 nitrogen and oxygen atoms in total. The summed E-state index contributed by atoms with van der Waals surface area (Å²) >= 11 is 0.957. The second kappa shape index (κ2) is 23.1. The number of anilines is 1. The summed E-state index contributed by atoms with van der Waals surface area (Å²) in [5.41, 5.74) is -8.44. The fourth-order valence-corrected chi connectivity index (χ4v) is 7.58. The smallest absolute Gasteiger partial charge is 0.485 e. The zero-order valence-electron chi connectivity index (χ0n) is 43.6. The number of aromatic nitrogens is 3. The lowest BCUT2D eigenvalue weighted by Gasteiger charge is -2.38. The highest BCUT2D eigenvalue weighted by molar-refractivity contribution is 7.86. The van der Waals surface area contributed by atoms with E-state index in [0.717, 1.165) is 28.0 Å². The molecule has 27 heteroatoms. The van der Waals surface area contributed by atoms with E-state index in [4.69, 9.17) is 41.5 Å². The summed E-state index contributed by atoms with van der Waals surface area (Å²) in [5, 5.41) is 20.9. The summed E-state index contributed by atoms with van der Waals surface area (Å²) < 4.78 is 91.6. The van der Waals surface area contributed by atoms with Crippen LogP contribution in [0.4, 0.5) is 32.7 Å². The summed E-state index contributed by atoms with van der Waals surface area (Å²) in [7, 11) is -6.09. The standard InChI is InChI=1S/C46H65N7O12S.CHF3O3S/c1-42(2,3)61-37(56)46(13,65-50-35(36(54)55)32-27-66-38(48-32)49-40(58)63-44(7,8)9)34-18-16-30-21-29(15-17-33(30)60-34)31-25-52(20-14-19-47-39(57)62-43(4,5)6)53(26-31)24-28-22-51(23-28)41(59)64-45(10,11)12;2-1(3,4)8(5,6)7/h15,17,21,25-28,34H,14,16,18-20,22-24H2,1-13H3,(H2-,47,48,49,54,55,57,58);(H,5,6,7). The molecule has 0 spiro atoms. The van der Waals surface area contributed by atoms with Gasteiger partial charge in [-0.15, -0.1) is 16.0 Å². The van der Waals surface area contributed by atoms with E-state index in [1.165, 1.54) is 12.3 Å². The van der Waals surface area contributed by atoms with Crippen LogP contribution in [0.5, 0.6) is 5.75 Å². The lowest BCUT2D eigenvalue weighted by molar-refractivity contribution is -0.781. The number of rotatable bonds is 14. The second-order valence-corrected chi connectivity index (χ2v) is 23.7. The number of hydrogen-bond donors (Lipinski definition) is 3. The van der Waals surface area contributed by atoms with Crippen LogP contribution in [0.25, 0.3) is 11.1 Å². The number of nitrogens with one attached hydrogen (secondary N) is 2. The van der Waals surface area contributed by atoms with Gasteiger partial charge in [0.2, 0.25) is 11.9 Å². The van der Waals surface area contributed by atoms with E-state index in [0.29, 0.717) is 51.3 Å². The number of hydrogen-bond acceptors (Lipinski definition) is 17. The quantitative estimate of drug-likeness (QED) is 0.0207. The number of likely N-dealkylation sites (tertiary alicyclic amines) is 1. The van der Waals surface area contributed by atoms with Crippen LogP contribution < -0.4 is 20.1 Å². The summed E-state index contributed by atoms with van der Waals surface area (Å²) in [6, 6.07) is 5.77. The molecule has 74 heavy (non-hydrogen) atoms. The molecule has 3 amide bonds. The van der Waals surface area contributed by atoms with Crippen molar-refractivity contribution in [3.8, 4) is 16.9 Å². The number of alkyl halides is 3. The maximum atomic E-state index is 13.9. The number of esters is 1. The molecule has 2 atom stereocenters. The molecule has 3 aromatic rings. The zero-order valence-corrected chi connectivity index (χ0v) is 45.3. The van der Waals surface area contributed by atoms with Gasteiger partial charge in [-0.3, -0.25) is 5.32 Å². The van der Waals surface area contributed by atoms with Crippen molar-refractivity contribution in [3.05, 3.63) is 47.2 Å². The number of ether oxygens (including phenoxy) is 5. The normalized spacial score (nSPS) is 16.4. The number of aliphatic carboxylic acids is 1. The van der Waals surface area contributed by atoms with E-state index in [1.54, 1.807) is 46.4 Å². The average Bonchev–Trinajstić information content (AvgIpc) is 3.83. The summed E-state index contributed by atoms with van der Waals surface area (Å²) in [4.78, 5) is 75.5. The monoisotopic (exact) mass is 1090 g/mol. The van der Waals surface area contributed by atoms with Crippen LogP contribution in [0.3, 0.4) is 0 Å². The van der Waals surface area contributed by atoms with Crippen LogP contribution in [0.1, 0.15) is 114 Å². The van der Waals surface area contributed by atoms with Gasteiger partial charge in [0.15, 0.2) is 27.9 Å². The lowest BCUT2D eigenvalue weighted by Crippen LogP contribution is -2.58. The van der Waals surface area contributed by atoms with Crippen LogP contribution in [-0.4, -0.2) is 128 Å². The van der Waals surface area contributed by atoms with Crippen LogP contribution in [-0.2, 0) is 63.0 Å². The highest BCUT2D eigenvalue weighted by Crippen LogP contribution is 2.37. The Balaban J connectivity index is 0.00000136. The molecule has 2 unspecified atom stereocenters. The van der Waals surface area contributed by atoms with Crippen molar-refractivity contribution in [1.82, 2.24) is 19.9 Å². The molecule has 1 saturated heterocycles. The van der Waals surface area contributed by atoms with Crippen LogP contribution in [0.2, 0.25) is 0 Å². The Hall–Kier alpha value is -6.22. The van der Waals surface area contributed by atoms with Gasteiger partial charge in [0.05, 0.1) is 24.2 Å². The Kier molecular flexibility index (Phi) is 18.9. The molecule has 0 saturated carbocycles. The van der Waals surface area contributed by atoms with Crippen LogP contribution in [0, 0.1) is 5.92 Å². The number of nitrogens with zero attached hydrogens (tertiary/aromatic N) is 5. The van der Waals surface area contributed by atoms with Gasteiger partial charge in [0, 0.05) is 25.0 Å². The highest BCUT2D eigenvalue weighted by Gasteiger charge is 2.51. The van der Waals surface area contributed by atoms with E-state index in [1.807, 2.05) is 59.7 Å². The molecule has 2 aliphatic heterocycles. The molecule has 0 aliphatic carbocycles. The maximum absolute atomic E-state index is 13.9. The van der Waals surface area contributed by atoms with Gasteiger partial charge in [0.25, 0.3) is 5.60 Å². The third-order valence-corrected chi connectivity index (χ3v) is 11.4. The number of amides is 3. The summed E-state index contributed by atoms with van der Waals surface area (Å²) in [5.74, 6) is -1.59. The Morgan fingerprint density at radius 3 is 2.03 bits per heavy atom. The van der Waals surface area contributed by atoms with Gasteiger partial charge in [0.1, 0.15) is 33.8 Å². The third kappa shape index (κ3) is 18.3. The Labute approximate surface area is 431 Å². The fraction of sp³-hybridized carbons (Fsp3) is 0.617. The SMILES string of the molecule is CC(C)(C)OC(=O)NCCCn1cc(-c2ccc3c(c2)CCC(C(C)(ON=C(C(=O)O)c2csc(NC(=O)OC(C)(C)C)n2)C(=O)OC(C)(C)C)O3)c[n+]1CC1CN(C(=O)OC(C)(C)C)C1.O=S(=O)([O-])C(F)(F)F. The number of thiazole rings is 1. The highest BCUT2D eigenvalue weighted by atomic mass is 32.2. The molecule has 0 radical (unpaired) electrons. The molecule has 1 fully saturated rings. The minimum absolute atomic E-state index is 0.0682. The van der Waals surface area contributed by atoms with Gasteiger partial charge < -0.3 is 48.4 Å². The molecule has 0 bridgehead atoms. The minimum atomic E-state index is -6.09. The van der Waals surface area contributed by atoms with E-state index in [2.05, 4.69) is 42.5 Å². The van der Waals surface area contributed by atoms with Crippen molar-refractivity contribution in [2.24, 2.45) is 11.1 Å². The molecule has 1 aromatic carbocycles. The number of alkyl carbamates (subject to hydrolysis) is 1. The predicted octanol–water partition coefficient (Wildman–Crippen LogP) is 7.38. The number of carboxylic acid groups (broad SMARTS) is 1. The number of fused-ring (bicyclic) bond motifs is 1. The van der Waals surface area contributed by atoms with Crippen molar-refractivity contribution >= 4 is 62.5 Å². The molecular weight excluding hydrogens is 1020 g/mol. The van der Waals surface area contributed by atoms with E-state index in [-0.39, 0.29) is 29.3 Å². The molecule has 412 valence electrons. The van der Waals surface area contributed by atoms with Crippen molar-refractivity contribution < 1.29 is 88.4 Å². The fourth-order valence-electron chi connectivity index (χ4n) is 6.90. The largest absolute Gasteiger partial charge is 0.741 e. The Bertz CT molecular complexity index is 2660. The van der Waals surface area contributed by atoms with E-state index in [9.17, 15) is 42.3 Å². The number of halogens is 3. The van der Waals surface area contributed by atoms with Crippen molar-refractivity contribution in [2.75, 3.05) is 25.0 Å². The minimum Gasteiger partial charge on any atom is -0.741 e. The first-order chi connectivity index (χ1) is 33.7. The predicted molar refractivity (Wildman–Crippen MR) is 260 cm³/mol. The Morgan fingerprint density at radius 1 is 0.892 bits per heavy atom. The molecule has 2 aliphatic rings. The summed E-state index contributed by atoms with van der Waals surface area (Å²) in [6.07, 6.45) is 2.97. The average molecular weight is 1090 g/mol. The number of carbonyl (C=O) groups excluding carboxylic acids is 4. The number of benzene rings is 1. The van der Waals surface area contributed by atoms with Crippen molar-refractivity contribution in [1.29, 1.82) is 0 Å². The van der Waals surface area contributed by atoms with Gasteiger partial charge in [-0.05, 0) is 133 Å². The maximum Gasteiger partial charge on any atom is 0.485 e.